The Balaban J connectivity index is 1.57. The first-order valence-corrected chi connectivity index (χ1v) is 9.41. The third-order valence-corrected chi connectivity index (χ3v) is 5.10. The van der Waals surface area contributed by atoms with Crippen LogP contribution in [0, 0.1) is 0 Å². The second-order valence-electron chi connectivity index (χ2n) is 6.41. The minimum absolute atomic E-state index is 0.141. The molecule has 0 saturated carbocycles. The van der Waals surface area contributed by atoms with Gasteiger partial charge in [-0.05, 0) is 40.9 Å². The monoisotopic (exact) mass is 431 g/mol. The normalized spacial score (nSPS) is 14.1. The smallest absolute Gasteiger partial charge is 0.266 e. The van der Waals surface area contributed by atoms with Gasteiger partial charge in [0.15, 0.2) is 11.5 Å². The number of carbonyl (C=O) groups is 1. The number of halogens is 1. The number of hydrogen-bond donors (Lipinski definition) is 1. The summed E-state index contributed by atoms with van der Waals surface area (Å²) in [5.74, 6) is 0.450. The second kappa shape index (κ2) is 7.10. The van der Waals surface area contributed by atoms with Crippen LogP contribution in [-0.2, 0) is 18.4 Å². The van der Waals surface area contributed by atoms with Crippen molar-refractivity contribution in [2.24, 2.45) is 7.05 Å². The van der Waals surface area contributed by atoms with Crippen LogP contribution in [0.1, 0.15) is 12.8 Å². The summed E-state index contributed by atoms with van der Waals surface area (Å²) in [7, 11) is 1.71. The molecule has 0 bridgehead atoms. The molecule has 1 fully saturated rings. The number of nitrogens with zero attached hydrogens (tertiary/aromatic N) is 6. The lowest BCUT2D eigenvalue weighted by atomic mass is 10.3. The Labute approximate surface area is 163 Å². The van der Waals surface area contributed by atoms with Gasteiger partial charge in [0.05, 0.1) is 5.69 Å². The molecule has 3 aromatic rings. The van der Waals surface area contributed by atoms with Crippen molar-refractivity contribution >= 4 is 44.4 Å². The summed E-state index contributed by atoms with van der Waals surface area (Å²) in [5.41, 5.74) is 0.794. The number of carbonyl (C=O) groups excluding carboxylic acids is 1. The van der Waals surface area contributed by atoms with Gasteiger partial charge in [-0.3, -0.25) is 14.2 Å². The van der Waals surface area contributed by atoms with E-state index in [1.807, 2.05) is 6.07 Å². The van der Waals surface area contributed by atoms with Gasteiger partial charge in [-0.15, -0.1) is 0 Å². The van der Waals surface area contributed by atoms with Crippen LogP contribution in [0.5, 0.6) is 0 Å². The number of fused-ring (bicyclic) bond motifs is 1. The molecule has 0 atom stereocenters. The summed E-state index contributed by atoms with van der Waals surface area (Å²) in [4.78, 5) is 36.0. The van der Waals surface area contributed by atoms with Gasteiger partial charge in [-0.2, -0.15) is 5.10 Å². The van der Waals surface area contributed by atoms with Gasteiger partial charge < -0.3 is 10.2 Å². The zero-order valence-corrected chi connectivity index (χ0v) is 16.3. The van der Waals surface area contributed by atoms with Crippen LogP contribution in [-0.4, -0.2) is 43.3 Å². The molecule has 0 radical (unpaired) electrons. The van der Waals surface area contributed by atoms with Crippen LogP contribution < -0.4 is 15.8 Å². The van der Waals surface area contributed by atoms with Crippen LogP contribution in [0.25, 0.3) is 11.0 Å². The molecule has 1 amide bonds. The van der Waals surface area contributed by atoms with Gasteiger partial charge in [0.2, 0.25) is 5.91 Å². The topological polar surface area (TPSA) is 97.9 Å². The first-order valence-electron chi connectivity index (χ1n) is 8.62. The third kappa shape index (κ3) is 3.32. The lowest BCUT2D eigenvalue weighted by Crippen LogP contribution is -2.29. The largest absolute Gasteiger partial charge is 0.355 e. The zero-order chi connectivity index (χ0) is 19.0. The fourth-order valence-electron chi connectivity index (χ4n) is 3.27. The molecule has 10 heteroatoms. The predicted octanol–water partition coefficient (Wildman–Crippen LogP) is 1.53. The summed E-state index contributed by atoms with van der Waals surface area (Å²) in [6.07, 6.45) is 5.31. The first kappa shape index (κ1) is 17.7. The number of aryl methyl sites for hydroxylation is 1. The minimum Gasteiger partial charge on any atom is -0.355 e. The van der Waals surface area contributed by atoms with Crippen LogP contribution in [0.2, 0.25) is 0 Å². The molecule has 0 aliphatic carbocycles. The maximum Gasteiger partial charge on any atom is 0.266 e. The van der Waals surface area contributed by atoms with E-state index >= 15 is 0 Å². The fraction of sp³-hybridized carbons (Fsp3) is 0.353. The van der Waals surface area contributed by atoms with Gasteiger partial charge in [0.1, 0.15) is 22.9 Å². The molecule has 140 valence electrons. The molecule has 27 heavy (non-hydrogen) atoms. The Morgan fingerprint density at radius 2 is 2.07 bits per heavy atom. The number of rotatable bonds is 4. The highest BCUT2D eigenvalue weighted by Crippen LogP contribution is 2.26. The quantitative estimate of drug-likeness (QED) is 0.672. The molecule has 0 unspecified atom stereocenters. The minimum atomic E-state index is -0.318. The van der Waals surface area contributed by atoms with Gasteiger partial charge in [0.25, 0.3) is 5.56 Å². The third-order valence-electron chi connectivity index (χ3n) is 4.55. The number of nitrogens with one attached hydrogen (secondary N) is 1. The van der Waals surface area contributed by atoms with E-state index < -0.39 is 0 Å². The summed E-state index contributed by atoms with van der Waals surface area (Å²) in [6, 6.07) is 3.60. The van der Waals surface area contributed by atoms with Gasteiger partial charge >= 0.3 is 0 Å². The van der Waals surface area contributed by atoms with E-state index in [9.17, 15) is 9.59 Å². The maximum atomic E-state index is 12.7. The van der Waals surface area contributed by atoms with Gasteiger partial charge in [0, 0.05) is 26.3 Å². The average Bonchev–Trinajstić information content (AvgIpc) is 3.26. The van der Waals surface area contributed by atoms with Gasteiger partial charge in [-0.25, -0.2) is 14.6 Å². The Morgan fingerprint density at radius 3 is 2.85 bits per heavy atom. The molecule has 1 aliphatic rings. The van der Waals surface area contributed by atoms with Crippen LogP contribution in [0.3, 0.4) is 0 Å². The predicted molar refractivity (Wildman–Crippen MR) is 105 cm³/mol. The number of pyridine rings is 1. The van der Waals surface area contributed by atoms with Crippen molar-refractivity contribution in [2.75, 3.05) is 23.3 Å². The Bertz CT molecular complexity index is 1070. The van der Waals surface area contributed by atoms with Crippen LogP contribution >= 0.6 is 15.9 Å². The van der Waals surface area contributed by atoms with Crippen molar-refractivity contribution in [3.63, 3.8) is 0 Å². The lowest BCUT2D eigenvalue weighted by molar-refractivity contribution is -0.116. The van der Waals surface area contributed by atoms with Crippen molar-refractivity contribution in [3.05, 3.63) is 39.6 Å². The van der Waals surface area contributed by atoms with E-state index in [4.69, 9.17) is 0 Å². The number of amides is 1. The molecule has 0 aromatic carbocycles. The Hall–Kier alpha value is -2.75. The highest BCUT2D eigenvalue weighted by atomic mass is 79.9. The van der Waals surface area contributed by atoms with Crippen LogP contribution in [0.4, 0.5) is 11.5 Å². The molecule has 0 spiro atoms. The highest BCUT2D eigenvalue weighted by molar-refractivity contribution is 9.10. The standard InChI is InChI=1S/C17H18BrN7O2/c1-23-16-13(14(18)22-23)17(27)25(10-20-16)9-12(26)21-11-5-4-6-19-15(11)24-7-2-3-8-24/h4-6,10H,2-3,7-9H2,1H3,(H,21,26). The molecular formula is C17H18BrN7O2. The molecule has 4 rings (SSSR count). The van der Waals surface area contributed by atoms with E-state index in [1.54, 1.807) is 19.3 Å². The first-order chi connectivity index (χ1) is 13.0. The van der Waals surface area contributed by atoms with Gasteiger partial charge in [-0.1, -0.05) is 0 Å². The maximum absolute atomic E-state index is 12.7. The summed E-state index contributed by atoms with van der Waals surface area (Å²) in [5, 5.41) is 7.36. The average molecular weight is 432 g/mol. The van der Waals surface area contributed by atoms with Crippen molar-refractivity contribution < 1.29 is 4.79 Å². The molecular weight excluding hydrogens is 414 g/mol. The second-order valence-corrected chi connectivity index (χ2v) is 7.16. The molecule has 1 N–H and O–H groups in total. The van der Waals surface area contributed by atoms with E-state index in [2.05, 4.69) is 41.2 Å². The van der Waals surface area contributed by atoms with E-state index in [0.717, 1.165) is 31.7 Å². The molecule has 4 heterocycles. The number of anilines is 2. The van der Waals surface area contributed by atoms with Crippen LogP contribution in [0.15, 0.2) is 34.1 Å². The zero-order valence-electron chi connectivity index (χ0n) is 14.7. The Kier molecular flexibility index (Phi) is 4.65. The van der Waals surface area contributed by atoms with Crippen molar-refractivity contribution in [3.8, 4) is 0 Å². The van der Waals surface area contributed by atoms with E-state index in [1.165, 1.54) is 15.6 Å². The van der Waals surface area contributed by atoms with E-state index in [-0.39, 0.29) is 18.0 Å². The fourth-order valence-corrected chi connectivity index (χ4v) is 3.85. The molecule has 1 aliphatic heterocycles. The molecule has 3 aromatic heterocycles. The lowest BCUT2D eigenvalue weighted by Gasteiger charge is -2.20. The molecule has 9 nitrogen and oxygen atoms in total. The van der Waals surface area contributed by atoms with Crippen molar-refractivity contribution in [1.29, 1.82) is 0 Å². The Morgan fingerprint density at radius 1 is 1.30 bits per heavy atom. The summed E-state index contributed by atoms with van der Waals surface area (Å²) >= 11 is 3.27. The SMILES string of the molecule is Cn1nc(Br)c2c(=O)n(CC(=O)Nc3cccnc3N3CCCC3)cnc21. The van der Waals surface area contributed by atoms with Crippen molar-refractivity contribution in [2.45, 2.75) is 19.4 Å². The summed E-state index contributed by atoms with van der Waals surface area (Å²) in [6.45, 7) is 1.71. The molecule has 1 saturated heterocycles. The number of hydrogen-bond acceptors (Lipinski definition) is 6. The van der Waals surface area contributed by atoms with E-state index in [0.29, 0.717) is 21.3 Å². The summed E-state index contributed by atoms with van der Waals surface area (Å²) < 4.78 is 3.20. The van der Waals surface area contributed by atoms with Crippen molar-refractivity contribution in [1.82, 2.24) is 24.3 Å². The highest BCUT2D eigenvalue weighted by Gasteiger charge is 2.19. The number of aromatic nitrogens is 5.